The zero-order valence-corrected chi connectivity index (χ0v) is 27.4. The molecule has 250 valence electrons. The normalized spacial score (nSPS) is 14.2. The Morgan fingerprint density at radius 1 is 0.872 bits per heavy atom. The number of carbonyl (C=O) groups is 1. The van der Waals surface area contributed by atoms with Crippen molar-refractivity contribution in [1.29, 1.82) is 0 Å². The van der Waals surface area contributed by atoms with Crippen LogP contribution in [0.3, 0.4) is 0 Å². The molecule has 1 aromatic heterocycles. The van der Waals surface area contributed by atoms with Gasteiger partial charge < -0.3 is 14.4 Å². The first-order valence-corrected chi connectivity index (χ1v) is 16.9. The molecule has 47 heavy (non-hydrogen) atoms. The lowest BCUT2D eigenvalue weighted by atomic mass is 9.86. The van der Waals surface area contributed by atoms with Crippen molar-refractivity contribution < 1.29 is 18.0 Å². The largest absolute Gasteiger partial charge is 0.416 e. The molecule has 9 heteroatoms. The highest BCUT2D eigenvalue weighted by molar-refractivity contribution is 5.82. The van der Waals surface area contributed by atoms with Crippen LogP contribution in [-0.2, 0) is 30.5 Å². The number of aromatic nitrogens is 2. The van der Waals surface area contributed by atoms with Crippen molar-refractivity contribution in [2.24, 2.45) is 5.92 Å². The second-order valence-electron chi connectivity index (χ2n) is 12.6. The molecule has 0 saturated heterocycles. The SMILES string of the molecule is CCN(CC)CCN(Cc1ccc(-c2ccc(C(F)(F)F)cc2)cc1)C(=O)Cn1c(CCC2CCCCC2)nc(=O)c2ccccc21. The first-order valence-electron chi connectivity index (χ1n) is 16.9. The highest BCUT2D eigenvalue weighted by Gasteiger charge is 2.30. The molecule has 0 N–H and O–H groups in total. The van der Waals surface area contributed by atoms with E-state index < -0.39 is 11.7 Å². The molecule has 4 aromatic rings. The van der Waals surface area contributed by atoms with E-state index in [0.29, 0.717) is 42.2 Å². The molecule has 0 bridgehead atoms. The predicted molar refractivity (Wildman–Crippen MR) is 181 cm³/mol. The number of hydrogen-bond acceptors (Lipinski definition) is 4. The highest BCUT2D eigenvalue weighted by atomic mass is 19.4. The van der Waals surface area contributed by atoms with Gasteiger partial charge in [-0.2, -0.15) is 18.2 Å². The lowest BCUT2D eigenvalue weighted by molar-refractivity contribution is -0.137. The fourth-order valence-corrected chi connectivity index (χ4v) is 6.65. The van der Waals surface area contributed by atoms with E-state index in [0.717, 1.165) is 54.8 Å². The number of halogens is 3. The van der Waals surface area contributed by atoms with E-state index in [1.54, 1.807) is 6.07 Å². The summed E-state index contributed by atoms with van der Waals surface area (Å²) < 4.78 is 41.1. The second-order valence-corrected chi connectivity index (χ2v) is 12.6. The Morgan fingerprint density at radius 3 is 2.15 bits per heavy atom. The standard InChI is InChI=1S/C38H45F3N4O2/c1-3-43(4-2)24-25-44(26-29-14-17-30(18-15-29)31-19-21-32(22-20-31)38(39,40)41)36(46)27-45-34-13-9-8-12-33(34)37(47)42-35(45)23-16-28-10-6-5-7-11-28/h8-9,12-15,17-22,28H,3-7,10-11,16,23-27H2,1-2H3. The van der Waals surface area contributed by atoms with Crippen LogP contribution >= 0.6 is 0 Å². The van der Waals surface area contributed by atoms with E-state index in [1.807, 2.05) is 51.9 Å². The molecule has 1 aliphatic carbocycles. The van der Waals surface area contributed by atoms with Gasteiger partial charge >= 0.3 is 6.18 Å². The number of amides is 1. The molecule has 0 atom stereocenters. The van der Waals surface area contributed by atoms with Gasteiger partial charge in [0.1, 0.15) is 12.4 Å². The lowest BCUT2D eigenvalue weighted by Gasteiger charge is -2.28. The smallest absolute Gasteiger partial charge is 0.336 e. The van der Waals surface area contributed by atoms with Gasteiger partial charge in [-0.25, -0.2) is 0 Å². The maximum atomic E-state index is 14.2. The first kappa shape index (κ1) is 34.4. The van der Waals surface area contributed by atoms with Crippen LogP contribution in [0.2, 0.25) is 0 Å². The minimum Gasteiger partial charge on any atom is -0.336 e. The van der Waals surface area contributed by atoms with Gasteiger partial charge in [0.05, 0.1) is 16.5 Å². The molecule has 0 radical (unpaired) electrons. The van der Waals surface area contributed by atoms with Crippen molar-refractivity contribution in [2.45, 2.75) is 78.1 Å². The minimum atomic E-state index is -4.38. The van der Waals surface area contributed by atoms with E-state index in [4.69, 9.17) is 0 Å². The molecule has 0 aliphatic heterocycles. The highest BCUT2D eigenvalue weighted by Crippen LogP contribution is 2.31. The van der Waals surface area contributed by atoms with Crippen molar-refractivity contribution in [2.75, 3.05) is 26.2 Å². The van der Waals surface area contributed by atoms with Crippen LogP contribution < -0.4 is 5.56 Å². The van der Waals surface area contributed by atoms with Crippen LogP contribution in [0, 0.1) is 5.92 Å². The molecule has 6 nitrogen and oxygen atoms in total. The molecule has 3 aromatic carbocycles. The summed E-state index contributed by atoms with van der Waals surface area (Å²) in [4.78, 5) is 35.9. The molecule has 1 aliphatic rings. The van der Waals surface area contributed by atoms with E-state index in [2.05, 4.69) is 23.7 Å². The summed E-state index contributed by atoms with van der Waals surface area (Å²) in [6, 6.07) is 20.1. The minimum absolute atomic E-state index is 0.0570. The maximum Gasteiger partial charge on any atom is 0.416 e. The Kier molecular flexibility index (Phi) is 11.5. The molecular weight excluding hydrogens is 601 g/mol. The van der Waals surface area contributed by atoms with Crippen molar-refractivity contribution in [3.63, 3.8) is 0 Å². The predicted octanol–water partition coefficient (Wildman–Crippen LogP) is 7.97. The molecule has 1 amide bonds. The van der Waals surface area contributed by atoms with Crippen LogP contribution in [0.15, 0.2) is 77.6 Å². The Balaban J connectivity index is 1.39. The number of benzene rings is 3. The number of likely N-dealkylation sites (N-methyl/N-ethyl adjacent to an activating group) is 1. The summed E-state index contributed by atoms with van der Waals surface area (Å²) in [5.74, 6) is 1.23. The van der Waals surface area contributed by atoms with E-state index in [-0.39, 0.29) is 18.0 Å². The fourth-order valence-electron chi connectivity index (χ4n) is 6.65. The van der Waals surface area contributed by atoms with Crippen molar-refractivity contribution in [1.82, 2.24) is 19.4 Å². The average Bonchev–Trinajstić information content (AvgIpc) is 3.09. The monoisotopic (exact) mass is 646 g/mol. The zero-order valence-electron chi connectivity index (χ0n) is 27.4. The van der Waals surface area contributed by atoms with Crippen LogP contribution in [0.5, 0.6) is 0 Å². The summed E-state index contributed by atoms with van der Waals surface area (Å²) in [6.45, 7) is 7.68. The topological polar surface area (TPSA) is 58.4 Å². The third-order valence-electron chi connectivity index (χ3n) is 9.57. The van der Waals surface area contributed by atoms with E-state index in [1.165, 1.54) is 44.2 Å². The van der Waals surface area contributed by atoms with E-state index in [9.17, 15) is 22.8 Å². The number of fused-ring (bicyclic) bond motifs is 1. The number of aryl methyl sites for hydroxylation is 1. The number of alkyl halides is 3. The lowest BCUT2D eigenvalue weighted by Crippen LogP contribution is -2.40. The van der Waals surface area contributed by atoms with Crippen LogP contribution in [0.1, 0.15) is 69.3 Å². The molecule has 1 heterocycles. The Hall–Kier alpha value is -3.98. The van der Waals surface area contributed by atoms with Gasteiger partial charge in [0, 0.05) is 26.1 Å². The van der Waals surface area contributed by atoms with Crippen molar-refractivity contribution in [3.05, 3.63) is 100 Å². The van der Waals surface area contributed by atoms with Crippen LogP contribution in [0.4, 0.5) is 13.2 Å². The molecular formula is C38H45F3N4O2. The molecule has 0 unspecified atom stereocenters. The summed E-state index contributed by atoms with van der Waals surface area (Å²) in [5.41, 5.74) is 2.21. The zero-order chi connectivity index (χ0) is 33.4. The number of para-hydroxylation sites is 1. The summed E-state index contributed by atoms with van der Waals surface area (Å²) in [7, 11) is 0. The maximum absolute atomic E-state index is 14.2. The van der Waals surface area contributed by atoms with Crippen LogP contribution in [0.25, 0.3) is 22.0 Å². The fraction of sp³-hybridized carbons (Fsp3) is 0.447. The average molecular weight is 647 g/mol. The summed E-state index contributed by atoms with van der Waals surface area (Å²) in [5, 5.41) is 0.510. The molecule has 1 fully saturated rings. The third kappa shape index (κ3) is 8.89. The number of rotatable bonds is 13. The van der Waals surface area contributed by atoms with E-state index >= 15 is 0 Å². The Morgan fingerprint density at radius 2 is 1.51 bits per heavy atom. The quantitative estimate of drug-likeness (QED) is 0.148. The Bertz CT molecular complexity index is 1670. The van der Waals surface area contributed by atoms with Crippen LogP contribution in [-0.4, -0.2) is 51.4 Å². The first-order chi connectivity index (χ1) is 22.7. The summed E-state index contributed by atoms with van der Waals surface area (Å²) >= 11 is 0. The number of hydrogen-bond donors (Lipinski definition) is 0. The van der Waals surface area contributed by atoms with Gasteiger partial charge in [0.2, 0.25) is 5.91 Å². The van der Waals surface area contributed by atoms with Gasteiger partial charge in [-0.3, -0.25) is 9.59 Å². The third-order valence-corrected chi connectivity index (χ3v) is 9.57. The van der Waals surface area contributed by atoms with Gasteiger partial charge in [-0.15, -0.1) is 0 Å². The van der Waals surface area contributed by atoms with Gasteiger partial charge in [0.15, 0.2) is 0 Å². The second kappa shape index (κ2) is 15.7. The molecule has 1 saturated carbocycles. The number of carbonyl (C=O) groups excluding carboxylic acids is 1. The Labute approximate surface area is 275 Å². The number of nitrogens with zero attached hydrogens (tertiary/aromatic N) is 4. The molecule has 5 rings (SSSR count). The van der Waals surface area contributed by atoms with Gasteiger partial charge in [-0.05, 0) is 66.4 Å². The van der Waals surface area contributed by atoms with Gasteiger partial charge in [-0.1, -0.05) is 94.5 Å². The van der Waals surface area contributed by atoms with Gasteiger partial charge in [0.25, 0.3) is 5.56 Å². The van der Waals surface area contributed by atoms with Crippen molar-refractivity contribution >= 4 is 16.8 Å². The summed E-state index contributed by atoms with van der Waals surface area (Å²) in [6.07, 6.45) is 3.41. The van der Waals surface area contributed by atoms with Crippen molar-refractivity contribution in [3.8, 4) is 11.1 Å². The molecule has 0 spiro atoms.